The van der Waals surface area contributed by atoms with Crippen LogP contribution in [0.4, 0.5) is 13.2 Å². The van der Waals surface area contributed by atoms with E-state index < -0.39 is 17.8 Å². The highest BCUT2D eigenvalue weighted by atomic mass is 19.4. The molecule has 0 aromatic carbocycles. The molecule has 0 unspecified atom stereocenters. The molecule has 0 saturated heterocycles. The third kappa shape index (κ3) is 3.00. The van der Waals surface area contributed by atoms with Crippen molar-refractivity contribution in [2.75, 3.05) is 0 Å². The van der Waals surface area contributed by atoms with Gasteiger partial charge in [0.1, 0.15) is 11.4 Å². The van der Waals surface area contributed by atoms with Crippen molar-refractivity contribution >= 4 is 17.5 Å². The summed E-state index contributed by atoms with van der Waals surface area (Å²) in [6, 6.07) is 2.18. The summed E-state index contributed by atoms with van der Waals surface area (Å²) in [5.41, 5.74) is 4.59. The van der Waals surface area contributed by atoms with E-state index in [1.54, 1.807) is 0 Å². The van der Waals surface area contributed by atoms with Gasteiger partial charge in [-0.05, 0) is 12.1 Å². The zero-order valence-corrected chi connectivity index (χ0v) is 12.6. The van der Waals surface area contributed by atoms with Crippen LogP contribution in [0.25, 0.3) is 5.65 Å². The van der Waals surface area contributed by atoms with Crippen molar-refractivity contribution in [2.24, 2.45) is 17.9 Å². The Labute approximate surface area is 137 Å². The van der Waals surface area contributed by atoms with Crippen molar-refractivity contribution in [2.45, 2.75) is 6.18 Å². The van der Waals surface area contributed by atoms with Crippen LogP contribution >= 0.6 is 0 Å². The van der Waals surface area contributed by atoms with E-state index in [1.807, 2.05) is 0 Å². The molecule has 0 amide bonds. The molecular weight excluding hydrogens is 343 g/mol. The minimum absolute atomic E-state index is 0.0103. The number of amidine groups is 1. The van der Waals surface area contributed by atoms with Crippen LogP contribution in [0.3, 0.4) is 0 Å². The first-order chi connectivity index (χ1) is 11.8. The summed E-state index contributed by atoms with van der Waals surface area (Å²) in [5, 5.41) is 10.8. The Morgan fingerprint density at radius 2 is 2.04 bits per heavy atom. The topological polar surface area (TPSA) is 113 Å². The monoisotopic (exact) mass is 353 g/mol. The average Bonchev–Trinajstić information content (AvgIpc) is 3.17. The highest BCUT2D eigenvalue weighted by Gasteiger charge is 2.34. The van der Waals surface area contributed by atoms with Gasteiger partial charge in [-0.1, -0.05) is 5.16 Å². The molecule has 0 spiro atoms. The Balaban J connectivity index is 1.91. The van der Waals surface area contributed by atoms with Crippen LogP contribution in [0.5, 0.6) is 0 Å². The first-order valence-electron chi connectivity index (χ1n) is 6.72. The van der Waals surface area contributed by atoms with E-state index in [-0.39, 0.29) is 22.7 Å². The number of alkyl halides is 3. The Hall–Kier alpha value is -3.44. The highest BCUT2D eigenvalue weighted by molar-refractivity contribution is 6.02. The Bertz CT molecular complexity index is 974. The zero-order valence-electron chi connectivity index (χ0n) is 12.6. The molecule has 0 saturated carbocycles. The maximum atomic E-state index is 12.9. The fourth-order valence-corrected chi connectivity index (χ4v) is 2.05. The second-order valence-electron chi connectivity index (χ2n) is 4.82. The summed E-state index contributed by atoms with van der Waals surface area (Å²) in [6.45, 7) is 0. The van der Waals surface area contributed by atoms with Crippen LogP contribution in [0.2, 0.25) is 0 Å². The quantitative estimate of drug-likeness (QED) is 0.325. The van der Waals surface area contributed by atoms with Crippen molar-refractivity contribution in [3.63, 3.8) is 0 Å². The van der Waals surface area contributed by atoms with Crippen LogP contribution in [0.1, 0.15) is 21.7 Å². The average molecular weight is 353 g/mol. The van der Waals surface area contributed by atoms with Gasteiger partial charge in [-0.25, -0.2) is 14.3 Å². The van der Waals surface area contributed by atoms with Gasteiger partial charge in [-0.2, -0.15) is 23.4 Å². The molecule has 0 atom stereocenters. The molecule has 0 aliphatic heterocycles. The van der Waals surface area contributed by atoms with Gasteiger partial charge in [-0.3, -0.25) is 4.68 Å². The number of aryl methyl sites for hydroxylation is 1. The fourth-order valence-electron chi connectivity index (χ4n) is 2.05. The Morgan fingerprint density at radius 1 is 1.28 bits per heavy atom. The molecule has 130 valence electrons. The van der Waals surface area contributed by atoms with Gasteiger partial charge in [0.15, 0.2) is 11.5 Å². The van der Waals surface area contributed by atoms with Gasteiger partial charge in [-0.15, -0.1) is 0 Å². The number of rotatable bonds is 3. The van der Waals surface area contributed by atoms with E-state index in [0.717, 1.165) is 18.5 Å². The van der Waals surface area contributed by atoms with Crippen LogP contribution in [0, 0.1) is 0 Å². The summed E-state index contributed by atoms with van der Waals surface area (Å²) in [5.74, 6) is -1.18. The lowest BCUT2D eigenvalue weighted by Crippen LogP contribution is -2.17. The molecule has 0 fully saturated rings. The van der Waals surface area contributed by atoms with E-state index >= 15 is 0 Å². The van der Waals surface area contributed by atoms with E-state index in [0.29, 0.717) is 4.52 Å². The van der Waals surface area contributed by atoms with Crippen LogP contribution in [-0.4, -0.2) is 36.2 Å². The summed E-state index contributed by atoms with van der Waals surface area (Å²) in [4.78, 5) is 20.3. The highest BCUT2D eigenvalue weighted by Crippen LogP contribution is 2.29. The van der Waals surface area contributed by atoms with Gasteiger partial charge in [0, 0.05) is 19.4 Å². The molecule has 3 heterocycles. The Kier molecular flexibility index (Phi) is 3.87. The van der Waals surface area contributed by atoms with Crippen molar-refractivity contribution in [3.05, 3.63) is 47.7 Å². The second kappa shape index (κ2) is 5.89. The fraction of sp³-hybridized carbons (Fsp3) is 0.154. The number of halogens is 3. The van der Waals surface area contributed by atoms with E-state index in [4.69, 9.17) is 5.73 Å². The molecule has 3 aromatic heterocycles. The van der Waals surface area contributed by atoms with Crippen molar-refractivity contribution < 1.29 is 22.8 Å². The van der Waals surface area contributed by atoms with Gasteiger partial charge < -0.3 is 10.6 Å². The number of aromatic nitrogens is 5. The number of fused-ring (bicyclic) bond motifs is 1. The standard InChI is InChI=1S/C13H10F3N7O2/c1-22-8(2-5-19-22)12(24)25-21-10(17)7-6-20-23-9(13(14,15)16)3-4-18-11(7)23/h2-6H,1H3,(H2,17,21). The van der Waals surface area contributed by atoms with Crippen LogP contribution in [0.15, 0.2) is 35.9 Å². The largest absolute Gasteiger partial charge is 0.433 e. The molecule has 0 aliphatic carbocycles. The molecule has 0 aliphatic rings. The summed E-state index contributed by atoms with van der Waals surface area (Å²) in [6.07, 6.45) is -1.22. The van der Waals surface area contributed by atoms with Crippen molar-refractivity contribution in [1.82, 2.24) is 24.4 Å². The minimum Gasteiger partial charge on any atom is -0.380 e. The maximum absolute atomic E-state index is 12.9. The van der Waals surface area contributed by atoms with Gasteiger partial charge in [0.05, 0.1) is 11.8 Å². The number of carbonyl (C=O) groups excluding carboxylic acids is 1. The molecule has 25 heavy (non-hydrogen) atoms. The summed E-state index contributed by atoms with van der Waals surface area (Å²) in [7, 11) is 1.53. The van der Waals surface area contributed by atoms with Gasteiger partial charge in [0.25, 0.3) is 0 Å². The molecule has 0 bridgehead atoms. The van der Waals surface area contributed by atoms with Gasteiger partial charge in [0.2, 0.25) is 0 Å². The molecule has 0 radical (unpaired) electrons. The lowest BCUT2D eigenvalue weighted by Gasteiger charge is -2.07. The second-order valence-corrected chi connectivity index (χ2v) is 4.82. The molecule has 3 rings (SSSR count). The number of hydrogen-bond donors (Lipinski definition) is 1. The van der Waals surface area contributed by atoms with Crippen LogP contribution in [-0.2, 0) is 18.1 Å². The van der Waals surface area contributed by atoms with Crippen molar-refractivity contribution in [3.8, 4) is 0 Å². The number of oxime groups is 1. The maximum Gasteiger partial charge on any atom is 0.433 e. The first kappa shape index (κ1) is 16.4. The third-order valence-corrected chi connectivity index (χ3v) is 3.22. The molecule has 3 aromatic rings. The molecule has 9 nitrogen and oxygen atoms in total. The number of nitrogens with two attached hydrogens (primary N) is 1. The molecule has 12 heteroatoms. The SMILES string of the molecule is Cn1nccc1C(=O)O/N=C(\N)c1cnn2c(C(F)(F)F)ccnc12. The third-order valence-electron chi connectivity index (χ3n) is 3.22. The number of nitrogens with zero attached hydrogens (tertiary/aromatic N) is 6. The smallest absolute Gasteiger partial charge is 0.380 e. The van der Waals surface area contributed by atoms with Crippen LogP contribution < -0.4 is 5.73 Å². The lowest BCUT2D eigenvalue weighted by atomic mass is 10.3. The summed E-state index contributed by atoms with van der Waals surface area (Å²) < 4.78 is 40.7. The first-order valence-corrected chi connectivity index (χ1v) is 6.72. The van der Waals surface area contributed by atoms with E-state index in [1.165, 1.54) is 24.0 Å². The van der Waals surface area contributed by atoms with E-state index in [9.17, 15) is 18.0 Å². The normalized spacial score (nSPS) is 12.6. The predicted octanol–water partition coefficient (Wildman–Crippen LogP) is 0.959. The number of carbonyl (C=O) groups is 1. The lowest BCUT2D eigenvalue weighted by molar-refractivity contribution is -0.142. The predicted molar refractivity (Wildman–Crippen MR) is 77.3 cm³/mol. The van der Waals surface area contributed by atoms with E-state index in [2.05, 4.69) is 25.2 Å². The zero-order chi connectivity index (χ0) is 18.2. The Morgan fingerprint density at radius 3 is 2.68 bits per heavy atom. The minimum atomic E-state index is -4.62. The van der Waals surface area contributed by atoms with Crippen molar-refractivity contribution in [1.29, 1.82) is 0 Å². The summed E-state index contributed by atoms with van der Waals surface area (Å²) >= 11 is 0. The molecule has 2 N–H and O–H groups in total. The number of hydrogen-bond acceptors (Lipinski definition) is 6. The van der Waals surface area contributed by atoms with Gasteiger partial charge >= 0.3 is 12.1 Å². The molecular formula is C13H10F3N7O2.